The molecule has 3 aliphatic rings. The zero-order chi connectivity index (χ0) is 30.2. The Kier molecular flexibility index (Phi) is 7.49. The van der Waals surface area contributed by atoms with Crippen molar-refractivity contribution in [3.05, 3.63) is 80.8 Å². The Balaban J connectivity index is 1.34. The van der Waals surface area contributed by atoms with E-state index >= 15 is 0 Å². The fourth-order valence-corrected chi connectivity index (χ4v) is 6.57. The van der Waals surface area contributed by atoms with E-state index in [0.29, 0.717) is 28.5 Å². The fraction of sp³-hybridized carbons (Fsp3) is 0.382. The van der Waals surface area contributed by atoms with Crippen LogP contribution in [0.4, 0.5) is 5.82 Å². The Morgan fingerprint density at radius 2 is 1.70 bits per heavy atom. The van der Waals surface area contributed by atoms with Crippen molar-refractivity contribution in [3.63, 3.8) is 0 Å². The molecule has 2 aromatic heterocycles. The summed E-state index contributed by atoms with van der Waals surface area (Å²) in [6.45, 7) is 2.41. The van der Waals surface area contributed by atoms with Crippen molar-refractivity contribution in [2.75, 3.05) is 39.0 Å². The Labute approximate surface area is 255 Å². The molecule has 10 nitrogen and oxygen atoms in total. The van der Waals surface area contributed by atoms with Gasteiger partial charge >= 0.3 is 0 Å². The molecule has 10 heteroatoms. The van der Waals surface area contributed by atoms with Crippen LogP contribution in [0.3, 0.4) is 0 Å². The third kappa shape index (κ3) is 5.18. The fourth-order valence-electron chi connectivity index (χ4n) is 6.57. The number of carbonyl (C=O) groups is 1. The lowest BCUT2D eigenvalue weighted by molar-refractivity contribution is 0.0728. The van der Waals surface area contributed by atoms with E-state index in [1.807, 2.05) is 36.4 Å². The third-order valence-corrected chi connectivity index (χ3v) is 8.84. The lowest BCUT2D eigenvalue weighted by Gasteiger charge is -2.27. The summed E-state index contributed by atoms with van der Waals surface area (Å²) >= 11 is 0. The molecular formula is C34H36N4O6. The Morgan fingerprint density at radius 1 is 0.932 bits per heavy atom. The second kappa shape index (κ2) is 11.7. The average molecular weight is 597 g/mol. The van der Waals surface area contributed by atoms with Crippen molar-refractivity contribution in [1.82, 2.24) is 14.9 Å². The SMILES string of the molecule is COc1ccc(OC)c2nc(N3CCCC3)c(CN(Cc3ccc4c(c3)OCO4)C(=O)c3cc4c([nH]c3=O)CCCC4)cc12. The van der Waals surface area contributed by atoms with Crippen LogP contribution in [-0.4, -0.2) is 54.9 Å². The molecule has 1 fully saturated rings. The van der Waals surface area contributed by atoms with E-state index in [1.165, 1.54) is 0 Å². The van der Waals surface area contributed by atoms with E-state index in [0.717, 1.165) is 85.2 Å². The Hall–Kier alpha value is -4.73. The average Bonchev–Trinajstić information content (AvgIpc) is 3.75. The van der Waals surface area contributed by atoms with Crippen LogP contribution in [0.2, 0.25) is 0 Å². The highest BCUT2D eigenvalue weighted by Gasteiger charge is 2.27. The van der Waals surface area contributed by atoms with Gasteiger partial charge in [0, 0.05) is 42.8 Å². The van der Waals surface area contributed by atoms with Gasteiger partial charge in [0.2, 0.25) is 6.79 Å². The quantitative estimate of drug-likeness (QED) is 0.303. The zero-order valence-electron chi connectivity index (χ0n) is 25.1. The number of benzene rings is 2. The van der Waals surface area contributed by atoms with E-state index in [1.54, 1.807) is 25.2 Å². The third-order valence-electron chi connectivity index (χ3n) is 8.84. The van der Waals surface area contributed by atoms with Crippen molar-refractivity contribution >= 4 is 22.6 Å². The van der Waals surface area contributed by atoms with E-state index in [2.05, 4.69) is 9.88 Å². The number of amides is 1. The smallest absolute Gasteiger partial charge is 0.261 e. The standard InChI is InChI=1S/C34H36N4O6/c1-41-27-11-12-29(42-2)31-24(27)17-23(32(36-31)37-13-5-6-14-37)19-38(18-21-9-10-28-30(15-21)44-20-43-28)34(40)25-16-22-7-3-4-8-26(22)35-33(25)39/h9-12,15-17H,3-8,13-14,18-20H2,1-2H3,(H,35,39). The van der Waals surface area contributed by atoms with Gasteiger partial charge in [-0.25, -0.2) is 4.98 Å². The number of fused-ring (bicyclic) bond motifs is 3. The highest BCUT2D eigenvalue weighted by atomic mass is 16.7. The van der Waals surface area contributed by atoms with Crippen molar-refractivity contribution in [3.8, 4) is 23.0 Å². The number of hydrogen-bond acceptors (Lipinski definition) is 8. The van der Waals surface area contributed by atoms with E-state index in [-0.39, 0.29) is 36.9 Å². The summed E-state index contributed by atoms with van der Waals surface area (Å²) in [6.07, 6.45) is 5.89. The second-order valence-electron chi connectivity index (χ2n) is 11.6. The number of aromatic nitrogens is 2. The van der Waals surface area contributed by atoms with Crippen molar-refractivity contribution in [2.45, 2.75) is 51.6 Å². The molecule has 1 saturated heterocycles. The first kappa shape index (κ1) is 28.1. The maximum absolute atomic E-state index is 14.4. The van der Waals surface area contributed by atoms with Crippen molar-refractivity contribution < 1.29 is 23.7 Å². The number of ether oxygens (including phenoxy) is 4. The highest BCUT2D eigenvalue weighted by Crippen LogP contribution is 2.37. The summed E-state index contributed by atoms with van der Waals surface area (Å²) in [5.74, 6) is 3.12. The summed E-state index contributed by atoms with van der Waals surface area (Å²) in [5, 5.41) is 0.798. The lowest BCUT2D eigenvalue weighted by Crippen LogP contribution is -2.35. The number of hydrogen-bond donors (Lipinski definition) is 1. The first-order chi connectivity index (χ1) is 21.5. The first-order valence-electron chi connectivity index (χ1n) is 15.2. The minimum Gasteiger partial charge on any atom is -0.496 e. The van der Waals surface area contributed by atoms with Crippen LogP contribution < -0.4 is 29.4 Å². The maximum Gasteiger partial charge on any atom is 0.261 e. The van der Waals surface area contributed by atoms with Gasteiger partial charge in [-0.05, 0) is 86.1 Å². The number of pyridine rings is 2. The highest BCUT2D eigenvalue weighted by molar-refractivity contribution is 5.95. The van der Waals surface area contributed by atoms with Crippen LogP contribution >= 0.6 is 0 Å². The molecule has 0 atom stereocenters. The van der Waals surface area contributed by atoms with Gasteiger partial charge in [0.15, 0.2) is 11.5 Å². The summed E-state index contributed by atoms with van der Waals surface area (Å²) in [5.41, 5.74) is 4.23. The van der Waals surface area contributed by atoms with Crippen LogP contribution in [-0.2, 0) is 25.9 Å². The van der Waals surface area contributed by atoms with Crippen LogP contribution in [0, 0.1) is 0 Å². The number of aryl methyl sites for hydroxylation is 2. The molecule has 2 aromatic carbocycles. The largest absolute Gasteiger partial charge is 0.496 e. The molecule has 1 aliphatic carbocycles. The summed E-state index contributed by atoms with van der Waals surface area (Å²) in [4.78, 5) is 39.8. The first-order valence-corrected chi connectivity index (χ1v) is 15.2. The van der Waals surface area contributed by atoms with Gasteiger partial charge < -0.3 is 33.7 Å². The molecule has 4 heterocycles. The number of aromatic amines is 1. The molecule has 228 valence electrons. The number of nitrogens with one attached hydrogen (secondary N) is 1. The number of H-pyrrole nitrogens is 1. The number of carbonyl (C=O) groups excluding carboxylic acids is 1. The monoisotopic (exact) mass is 596 g/mol. The predicted octanol–water partition coefficient (Wildman–Crippen LogP) is 4.99. The van der Waals surface area contributed by atoms with Gasteiger partial charge in [-0.1, -0.05) is 6.07 Å². The molecule has 0 bridgehead atoms. The molecule has 0 saturated carbocycles. The van der Waals surface area contributed by atoms with Gasteiger partial charge in [0.05, 0.1) is 14.2 Å². The van der Waals surface area contributed by atoms with E-state index in [9.17, 15) is 9.59 Å². The van der Waals surface area contributed by atoms with Gasteiger partial charge in [0.1, 0.15) is 28.4 Å². The van der Waals surface area contributed by atoms with Crippen LogP contribution in [0.5, 0.6) is 23.0 Å². The maximum atomic E-state index is 14.4. The van der Waals surface area contributed by atoms with Gasteiger partial charge in [-0.2, -0.15) is 0 Å². The minimum atomic E-state index is -0.353. The van der Waals surface area contributed by atoms with Crippen LogP contribution in [0.15, 0.2) is 47.3 Å². The van der Waals surface area contributed by atoms with Gasteiger partial charge in [-0.3, -0.25) is 9.59 Å². The summed E-state index contributed by atoms with van der Waals surface area (Å²) < 4.78 is 22.5. The molecule has 7 rings (SSSR count). The van der Waals surface area contributed by atoms with Crippen molar-refractivity contribution in [2.24, 2.45) is 0 Å². The number of nitrogens with zero attached hydrogens (tertiary/aromatic N) is 3. The normalized spacial score (nSPS) is 15.4. The molecule has 0 radical (unpaired) electrons. The van der Waals surface area contributed by atoms with Gasteiger partial charge in [-0.15, -0.1) is 0 Å². The van der Waals surface area contributed by atoms with Crippen LogP contribution in [0.25, 0.3) is 10.9 Å². The van der Waals surface area contributed by atoms with Gasteiger partial charge in [0.25, 0.3) is 11.5 Å². The molecular weight excluding hydrogens is 560 g/mol. The molecule has 0 unspecified atom stereocenters. The molecule has 4 aromatic rings. The topological polar surface area (TPSA) is 106 Å². The molecule has 1 N–H and O–H groups in total. The number of methoxy groups -OCH3 is 2. The Bertz CT molecular complexity index is 1800. The van der Waals surface area contributed by atoms with Crippen molar-refractivity contribution in [1.29, 1.82) is 0 Å². The minimum absolute atomic E-state index is 0.155. The molecule has 2 aliphatic heterocycles. The Morgan fingerprint density at radius 3 is 2.52 bits per heavy atom. The second-order valence-corrected chi connectivity index (χ2v) is 11.6. The predicted molar refractivity (Wildman–Crippen MR) is 166 cm³/mol. The summed E-state index contributed by atoms with van der Waals surface area (Å²) in [7, 11) is 3.27. The van der Waals surface area contributed by atoms with E-state index < -0.39 is 0 Å². The molecule has 0 spiro atoms. The van der Waals surface area contributed by atoms with Crippen LogP contribution in [0.1, 0.15) is 58.4 Å². The molecule has 1 amide bonds. The number of rotatable bonds is 8. The number of anilines is 1. The summed E-state index contributed by atoms with van der Waals surface area (Å²) in [6, 6.07) is 13.3. The molecule has 44 heavy (non-hydrogen) atoms. The van der Waals surface area contributed by atoms with E-state index in [4.69, 9.17) is 23.9 Å². The lowest BCUT2D eigenvalue weighted by atomic mass is 9.95. The zero-order valence-corrected chi connectivity index (χ0v) is 25.1.